The van der Waals surface area contributed by atoms with Gasteiger partial charge in [0, 0.05) is 11.6 Å². The van der Waals surface area contributed by atoms with Gasteiger partial charge in [-0.1, -0.05) is 24.3 Å². The van der Waals surface area contributed by atoms with E-state index in [9.17, 15) is 4.39 Å². The van der Waals surface area contributed by atoms with Gasteiger partial charge in [0.25, 0.3) is 0 Å². The van der Waals surface area contributed by atoms with Crippen molar-refractivity contribution < 1.29 is 13.9 Å². The maximum atomic E-state index is 13.0. The summed E-state index contributed by atoms with van der Waals surface area (Å²) in [4.78, 5) is 0. The van der Waals surface area contributed by atoms with Crippen LogP contribution in [0.25, 0.3) is 0 Å². The molecule has 0 aliphatic heterocycles. The van der Waals surface area contributed by atoms with Gasteiger partial charge in [-0.2, -0.15) is 0 Å². The highest BCUT2D eigenvalue weighted by Crippen LogP contribution is 2.24. The van der Waals surface area contributed by atoms with Crippen LogP contribution in [0.3, 0.4) is 0 Å². The van der Waals surface area contributed by atoms with E-state index in [-0.39, 0.29) is 18.5 Å². The largest absolute Gasteiger partial charge is 0.494 e. The highest BCUT2D eigenvalue weighted by molar-refractivity contribution is 5.36. The minimum atomic E-state index is -0.332. The molecule has 0 fully saturated rings. The van der Waals surface area contributed by atoms with Gasteiger partial charge in [-0.05, 0) is 25.1 Å². The molecule has 0 radical (unpaired) electrons. The molecular formula is C16H18FNO2. The second-order valence-electron chi connectivity index (χ2n) is 4.35. The average Bonchev–Trinajstić information content (AvgIpc) is 2.46. The fraction of sp³-hybridized carbons (Fsp3) is 0.250. The molecule has 2 aromatic carbocycles. The van der Waals surface area contributed by atoms with Gasteiger partial charge in [0.2, 0.25) is 0 Å². The van der Waals surface area contributed by atoms with Crippen molar-refractivity contribution >= 4 is 0 Å². The first-order chi connectivity index (χ1) is 9.70. The lowest BCUT2D eigenvalue weighted by molar-refractivity contribution is 0.281. The van der Waals surface area contributed by atoms with Gasteiger partial charge in [0.15, 0.2) is 0 Å². The second-order valence-corrected chi connectivity index (χ2v) is 4.35. The molecule has 0 aromatic heterocycles. The summed E-state index contributed by atoms with van der Waals surface area (Å²) in [6.07, 6.45) is 0. The highest BCUT2D eigenvalue weighted by atomic mass is 19.1. The van der Waals surface area contributed by atoms with Crippen LogP contribution in [0, 0.1) is 5.82 Å². The summed E-state index contributed by atoms with van der Waals surface area (Å²) in [5.74, 6) is 0.894. The van der Waals surface area contributed by atoms with Crippen LogP contribution in [0.15, 0.2) is 48.5 Å². The zero-order valence-corrected chi connectivity index (χ0v) is 11.4. The number of halogens is 1. The molecule has 20 heavy (non-hydrogen) atoms. The van der Waals surface area contributed by atoms with E-state index in [1.165, 1.54) is 12.1 Å². The predicted octanol–water partition coefficient (Wildman–Crippen LogP) is 3.30. The smallest absolute Gasteiger partial charge is 0.126 e. The van der Waals surface area contributed by atoms with E-state index in [4.69, 9.17) is 15.2 Å². The Morgan fingerprint density at radius 2 is 1.90 bits per heavy atom. The Bertz CT molecular complexity index is 560. The Balaban J connectivity index is 2.03. The average molecular weight is 275 g/mol. The van der Waals surface area contributed by atoms with Crippen LogP contribution in [0.2, 0.25) is 0 Å². The molecular weight excluding hydrogens is 257 g/mol. The van der Waals surface area contributed by atoms with Crippen LogP contribution < -0.4 is 15.2 Å². The van der Waals surface area contributed by atoms with E-state index in [1.54, 1.807) is 12.1 Å². The maximum absolute atomic E-state index is 13.0. The summed E-state index contributed by atoms with van der Waals surface area (Å²) in [5, 5.41) is 0. The second kappa shape index (κ2) is 6.91. The van der Waals surface area contributed by atoms with Crippen LogP contribution in [0.5, 0.6) is 11.5 Å². The molecule has 0 aliphatic carbocycles. The Kier molecular flexibility index (Phi) is 4.96. The molecule has 0 saturated heterocycles. The number of nitrogens with two attached hydrogens (primary N) is 1. The molecule has 0 spiro atoms. The molecule has 1 atom stereocenters. The lowest BCUT2D eigenvalue weighted by Crippen LogP contribution is -2.20. The predicted molar refractivity (Wildman–Crippen MR) is 76.4 cm³/mol. The normalized spacial score (nSPS) is 11.9. The first-order valence-electron chi connectivity index (χ1n) is 6.56. The topological polar surface area (TPSA) is 44.5 Å². The fourth-order valence-electron chi connectivity index (χ4n) is 1.91. The first kappa shape index (κ1) is 14.3. The van der Waals surface area contributed by atoms with Crippen molar-refractivity contribution in [1.82, 2.24) is 0 Å². The van der Waals surface area contributed by atoms with Gasteiger partial charge in [0.05, 0.1) is 12.6 Å². The molecule has 3 nitrogen and oxygen atoms in total. The number of hydrogen-bond acceptors (Lipinski definition) is 3. The van der Waals surface area contributed by atoms with Crippen molar-refractivity contribution in [2.45, 2.75) is 13.0 Å². The van der Waals surface area contributed by atoms with Gasteiger partial charge in [-0.3, -0.25) is 0 Å². The summed E-state index contributed by atoms with van der Waals surface area (Å²) in [6, 6.07) is 13.3. The van der Waals surface area contributed by atoms with Crippen molar-refractivity contribution in [3.63, 3.8) is 0 Å². The van der Waals surface area contributed by atoms with Crippen LogP contribution in [0.1, 0.15) is 18.5 Å². The first-order valence-corrected chi connectivity index (χ1v) is 6.56. The third kappa shape index (κ3) is 3.71. The van der Waals surface area contributed by atoms with E-state index in [2.05, 4.69) is 0 Å². The molecule has 0 amide bonds. The summed E-state index contributed by atoms with van der Waals surface area (Å²) < 4.78 is 24.1. The maximum Gasteiger partial charge on any atom is 0.126 e. The molecule has 0 saturated carbocycles. The lowest BCUT2D eigenvalue weighted by Gasteiger charge is -2.17. The van der Waals surface area contributed by atoms with Crippen molar-refractivity contribution in [2.24, 2.45) is 5.73 Å². The van der Waals surface area contributed by atoms with E-state index in [0.717, 1.165) is 11.3 Å². The molecule has 106 valence electrons. The van der Waals surface area contributed by atoms with Crippen molar-refractivity contribution in [1.29, 1.82) is 0 Å². The Morgan fingerprint density at radius 3 is 2.65 bits per heavy atom. The van der Waals surface area contributed by atoms with Crippen LogP contribution in [0.4, 0.5) is 4.39 Å². The van der Waals surface area contributed by atoms with Crippen LogP contribution >= 0.6 is 0 Å². The van der Waals surface area contributed by atoms with Gasteiger partial charge in [-0.25, -0.2) is 4.39 Å². The fourth-order valence-corrected chi connectivity index (χ4v) is 1.91. The van der Waals surface area contributed by atoms with Gasteiger partial charge in [0.1, 0.15) is 23.9 Å². The number of para-hydroxylation sites is 1. The van der Waals surface area contributed by atoms with Gasteiger partial charge < -0.3 is 15.2 Å². The Morgan fingerprint density at radius 1 is 1.10 bits per heavy atom. The minimum absolute atomic E-state index is 0.257. The number of rotatable bonds is 6. The molecule has 0 heterocycles. The molecule has 1 unspecified atom stereocenters. The quantitative estimate of drug-likeness (QED) is 0.879. The summed E-state index contributed by atoms with van der Waals surface area (Å²) in [6.45, 7) is 2.76. The van der Waals surface area contributed by atoms with Crippen LogP contribution in [-0.4, -0.2) is 13.2 Å². The summed E-state index contributed by atoms with van der Waals surface area (Å²) >= 11 is 0. The molecule has 4 heteroatoms. The van der Waals surface area contributed by atoms with E-state index in [0.29, 0.717) is 12.4 Å². The Labute approximate surface area is 118 Å². The SMILES string of the molecule is CCOc1ccccc1C(N)COc1cccc(F)c1. The summed E-state index contributed by atoms with van der Waals surface area (Å²) in [5.41, 5.74) is 6.99. The number of ether oxygens (including phenoxy) is 2. The molecule has 2 N–H and O–H groups in total. The number of hydrogen-bond donors (Lipinski definition) is 1. The zero-order chi connectivity index (χ0) is 14.4. The third-order valence-electron chi connectivity index (χ3n) is 2.84. The molecule has 2 aromatic rings. The monoisotopic (exact) mass is 275 g/mol. The molecule has 0 aliphatic rings. The highest BCUT2D eigenvalue weighted by Gasteiger charge is 2.12. The standard InChI is InChI=1S/C16H18FNO2/c1-2-19-16-9-4-3-8-14(16)15(18)11-20-13-7-5-6-12(17)10-13/h3-10,15H,2,11,18H2,1H3. The van der Waals surface area contributed by atoms with Gasteiger partial charge in [-0.15, -0.1) is 0 Å². The summed E-state index contributed by atoms with van der Waals surface area (Å²) in [7, 11) is 0. The van der Waals surface area contributed by atoms with Crippen molar-refractivity contribution in [3.8, 4) is 11.5 Å². The van der Waals surface area contributed by atoms with E-state index in [1.807, 2.05) is 31.2 Å². The number of benzene rings is 2. The van der Waals surface area contributed by atoms with E-state index >= 15 is 0 Å². The molecule has 2 rings (SSSR count). The van der Waals surface area contributed by atoms with Crippen molar-refractivity contribution in [3.05, 3.63) is 59.9 Å². The van der Waals surface area contributed by atoms with Crippen LogP contribution in [-0.2, 0) is 0 Å². The van der Waals surface area contributed by atoms with Gasteiger partial charge >= 0.3 is 0 Å². The Hall–Kier alpha value is -2.07. The van der Waals surface area contributed by atoms with Crippen molar-refractivity contribution in [2.75, 3.05) is 13.2 Å². The lowest BCUT2D eigenvalue weighted by atomic mass is 10.1. The van der Waals surface area contributed by atoms with E-state index < -0.39 is 0 Å². The zero-order valence-electron chi connectivity index (χ0n) is 11.4. The minimum Gasteiger partial charge on any atom is -0.494 e. The molecule has 0 bridgehead atoms. The third-order valence-corrected chi connectivity index (χ3v) is 2.84.